The highest BCUT2D eigenvalue weighted by atomic mass is 16.5. The topological polar surface area (TPSA) is 75.0 Å². The van der Waals surface area contributed by atoms with Crippen LogP contribution in [0.15, 0.2) is 176 Å². The van der Waals surface area contributed by atoms with E-state index in [1.54, 1.807) is 12.4 Å². The van der Waals surface area contributed by atoms with E-state index in [-0.39, 0.29) is 0 Å². The van der Waals surface area contributed by atoms with Crippen LogP contribution in [0, 0.1) is 0 Å². The molecule has 7 nitrogen and oxygen atoms in total. The third-order valence-electron chi connectivity index (χ3n) is 13.0. The first-order valence-electron chi connectivity index (χ1n) is 24.1. The predicted molar refractivity (Wildman–Crippen MR) is 283 cm³/mol. The summed E-state index contributed by atoms with van der Waals surface area (Å²) in [4.78, 5) is 19.1. The van der Waals surface area contributed by atoms with Crippen molar-refractivity contribution in [2.24, 2.45) is 0 Å². The Morgan fingerprint density at radius 2 is 0.739 bits per heavy atom. The summed E-state index contributed by atoms with van der Waals surface area (Å²) in [6, 6.07) is 52.5. The molecule has 0 fully saturated rings. The van der Waals surface area contributed by atoms with E-state index in [0.717, 1.165) is 44.3 Å². The van der Waals surface area contributed by atoms with Gasteiger partial charge >= 0.3 is 0 Å². The van der Waals surface area contributed by atoms with Gasteiger partial charge in [0.25, 0.3) is 0 Å². The third kappa shape index (κ3) is 9.00. The lowest BCUT2D eigenvalue weighted by Crippen LogP contribution is -2.00. The van der Waals surface area contributed by atoms with Crippen molar-refractivity contribution in [1.82, 2.24) is 24.5 Å². The zero-order chi connectivity index (χ0) is 47.8. The molecule has 0 aliphatic rings. The molecule has 0 amide bonds. The molecule has 0 aliphatic carbocycles. The zero-order valence-electron chi connectivity index (χ0n) is 40.6. The van der Waals surface area contributed by atoms with Crippen LogP contribution in [0.3, 0.4) is 0 Å². The first kappa shape index (κ1) is 44.9. The van der Waals surface area contributed by atoms with Crippen molar-refractivity contribution in [3.05, 3.63) is 199 Å². The van der Waals surface area contributed by atoms with Crippen LogP contribution in [0.1, 0.15) is 101 Å². The summed E-state index contributed by atoms with van der Waals surface area (Å²) in [5.74, 6) is 4.90. The fraction of sp³-hybridized carbons (Fsp3) is 0.194. The lowest BCUT2D eigenvalue weighted by Gasteiger charge is -2.20. The van der Waals surface area contributed by atoms with Gasteiger partial charge in [0.1, 0.15) is 23.0 Å². The molecule has 69 heavy (non-hydrogen) atoms. The maximum atomic E-state index is 6.65. The maximum Gasteiger partial charge on any atom is 0.234 e. The fourth-order valence-corrected chi connectivity index (χ4v) is 9.69. The van der Waals surface area contributed by atoms with E-state index in [4.69, 9.17) is 29.4 Å². The van der Waals surface area contributed by atoms with Crippen LogP contribution < -0.4 is 9.47 Å². The van der Waals surface area contributed by atoms with Gasteiger partial charge in [0.15, 0.2) is 0 Å². The predicted octanol–water partition coefficient (Wildman–Crippen LogP) is 17.1. The number of nitrogens with zero attached hydrogens (tertiary/aromatic N) is 5. The molecular formula is C62H57N5O2. The number of rotatable bonds is 13. The highest BCUT2D eigenvalue weighted by Crippen LogP contribution is 2.41. The van der Waals surface area contributed by atoms with Crippen LogP contribution in [-0.4, -0.2) is 24.5 Å². The van der Waals surface area contributed by atoms with Crippen molar-refractivity contribution in [2.75, 3.05) is 0 Å². The molecule has 0 saturated heterocycles. The Bertz CT molecular complexity index is 3220. The first-order chi connectivity index (χ1) is 33.5. The number of ether oxygens (including phenoxy) is 2. The Morgan fingerprint density at radius 3 is 1.14 bits per heavy atom. The number of aromatic nitrogens is 5. The lowest BCUT2D eigenvalue weighted by molar-refractivity contribution is 0.483. The molecule has 0 atom stereocenters. The van der Waals surface area contributed by atoms with Gasteiger partial charge in [-0.15, -0.1) is 0 Å². The van der Waals surface area contributed by atoms with Crippen LogP contribution in [0.2, 0.25) is 0 Å². The molecule has 6 aromatic carbocycles. The Morgan fingerprint density at radius 1 is 0.348 bits per heavy atom. The van der Waals surface area contributed by atoms with Gasteiger partial charge < -0.3 is 9.47 Å². The minimum atomic E-state index is 0.389. The van der Waals surface area contributed by atoms with Crippen molar-refractivity contribution in [3.8, 4) is 73.7 Å². The highest BCUT2D eigenvalue weighted by Gasteiger charge is 2.20. The molecule has 4 heterocycles. The largest absolute Gasteiger partial charge is 0.457 e. The smallest absolute Gasteiger partial charge is 0.234 e. The van der Waals surface area contributed by atoms with Crippen molar-refractivity contribution < 1.29 is 9.47 Å². The average Bonchev–Trinajstić information content (AvgIpc) is 3.69. The summed E-state index contributed by atoms with van der Waals surface area (Å²) in [7, 11) is 0. The number of hydrogen-bond acceptors (Lipinski definition) is 6. The molecule has 0 spiro atoms. The Kier molecular flexibility index (Phi) is 12.4. The second-order valence-electron chi connectivity index (χ2n) is 19.1. The summed E-state index contributed by atoms with van der Waals surface area (Å²) >= 11 is 0. The maximum absolute atomic E-state index is 6.65. The summed E-state index contributed by atoms with van der Waals surface area (Å²) < 4.78 is 15.4. The van der Waals surface area contributed by atoms with Crippen molar-refractivity contribution in [3.63, 3.8) is 0 Å². The summed E-state index contributed by atoms with van der Waals surface area (Å²) in [5, 5.41) is 2.09. The molecule has 10 aromatic rings. The SMILES string of the molecule is CC(C)c1cccc(C(C)C)c1-c1ccnc(-c2cccc(Oc3ccc4c5ccc(Oc6cccc(-c7cc(-c8c(C(C)C)cccc8C(C)C)ccn7)c6)cc5n(-c5ncccn5)c4c3)c2)c1. The van der Waals surface area contributed by atoms with Crippen LogP contribution in [0.4, 0.5) is 0 Å². The minimum absolute atomic E-state index is 0.389. The van der Waals surface area contributed by atoms with E-state index in [2.05, 4.69) is 169 Å². The molecule has 0 unspecified atom stereocenters. The second kappa shape index (κ2) is 19.0. The average molecular weight is 904 g/mol. The van der Waals surface area contributed by atoms with Crippen LogP contribution in [0.25, 0.3) is 72.5 Å². The monoisotopic (exact) mass is 903 g/mol. The van der Waals surface area contributed by atoms with Crippen LogP contribution in [0.5, 0.6) is 23.0 Å². The minimum Gasteiger partial charge on any atom is -0.457 e. The van der Waals surface area contributed by atoms with E-state index in [0.29, 0.717) is 52.6 Å². The van der Waals surface area contributed by atoms with Gasteiger partial charge in [-0.25, -0.2) is 9.97 Å². The molecule has 0 saturated carbocycles. The van der Waals surface area contributed by atoms with Gasteiger partial charge in [0, 0.05) is 58.8 Å². The lowest BCUT2D eigenvalue weighted by atomic mass is 9.85. The quantitative estimate of drug-likeness (QED) is 0.115. The van der Waals surface area contributed by atoms with Gasteiger partial charge in [-0.05, 0) is 147 Å². The Balaban J connectivity index is 0.965. The molecule has 0 aliphatic heterocycles. The molecule has 0 radical (unpaired) electrons. The van der Waals surface area contributed by atoms with E-state index in [1.807, 2.05) is 54.9 Å². The Hall–Kier alpha value is -7.90. The van der Waals surface area contributed by atoms with Crippen molar-refractivity contribution >= 4 is 21.8 Å². The highest BCUT2D eigenvalue weighted by molar-refractivity contribution is 6.09. The summed E-state index contributed by atoms with van der Waals surface area (Å²) in [5.41, 5.74) is 15.9. The first-order valence-corrected chi connectivity index (χ1v) is 24.1. The number of benzene rings is 6. The van der Waals surface area contributed by atoms with Crippen molar-refractivity contribution in [1.29, 1.82) is 0 Å². The third-order valence-corrected chi connectivity index (χ3v) is 13.0. The van der Waals surface area contributed by atoms with Crippen LogP contribution >= 0.6 is 0 Å². The van der Waals surface area contributed by atoms with Crippen LogP contribution in [-0.2, 0) is 0 Å². The molecular weight excluding hydrogens is 847 g/mol. The van der Waals surface area contributed by atoms with E-state index in [9.17, 15) is 0 Å². The molecule has 10 rings (SSSR count). The molecule has 7 heteroatoms. The molecule has 0 bridgehead atoms. The van der Waals surface area contributed by atoms with E-state index < -0.39 is 0 Å². The number of pyridine rings is 2. The molecule has 4 aromatic heterocycles. The second-order valence-corrected chi connectivity index (χ2v) is 19.1. The fourth-order valence-electron chi connectivity index (χ4n) is 9.69. The summed E-state index contributed by atoms with van der Waals surface area (Å²) in [6.45, 7) is 18.1. The van der Waals surface area contributed by atoms with Gasteiger partial charge in [-0.2, -0.15) is 0 Å². The summed E-state index contributed by atoms with van der Waals surface area (Å²) in [6.07, 6.45) is 7.36. The number of hydrogen-bond donors (Lipinski definition) is 0. The van der Waals surface area contributed by atoms with Crippen molar-refractivity contribution in [2.45, 2.75) is 79.1 Å². The number of fused-ring (bicyclic) bond motifs is 3. The van der Waals surface area contributed by atoms with E-state index in [1.165, 1.54) is 44.5 Å². The van der Waals surface area contributed by atoms with E-state index >= 15 is 0 Å². The van der Waals surface area contributed by atoms with Gasteiger partial charge in [-0.1, -0.05) is 116 Å². The molecule has 342 valence electrons. The standard InChI is InChI=1S/C62H57N5O2/c1-38(2)50-18-11-19-51(39(3)4)60(50)44-26-30-63-56(34-44)42-14-9-16-46(32-42)68-48-22-24-54-55-25-23-49(37-59(55)67(58(54)36-48)62-65-28-13-29-66-62)69-47-17-10-15-43(33-47)57-35-45(27-31-64-57)61-52(40(5)6)20-12-21-53(61)41(7)8/h9-41H,1-8H3. The molecule has 0 N–H and O–H groups in total. The van der Waals surface area contributed by atoms with Gasteiger partial charge in [0.05, 0.1) is 22.4 Å². The zero-order valence-corrected chi connectivity index (χ0v) is 40.6. The van der Waals surface area contributed by atoms with Gasteiger partial charge in [0.2, 0.25) is 5.95 Å². The normalized spacial score (nSPS) is 11.7. The Labute approximate surface area is 405 Å². The van der Waals surface area contributed by atoms with Gasteiger partial charge in [-0.3, -0.25) is 14.5 Å².